The van der Waals surface area contributed by atoms with E-state index in [1.807, 2.05) is 12.4 Å². The zero-order valence-electron chi connectivity index (χ0n) is 11.1. The van der Waals surface area contributed by atoms with Gasteiger partial charge in [-0.2, -0.15) is 10.8 Å². The molecule has 0 radical (unpaired) electrons. The van der Waals surface area contributed by atoms with Gasteiger partial charge in [0, 0.05) is 16.4 Å². The van der Waals surface area contributed by atoms with E-state index in [0.717, 1.165) is 17.9 Å². The molecule has 2 N–H and O–H groups in total. The molecule has 1 atom stereocenters. The molecule has 0 amide bonds. The minimum absolute atomic E-state index is 0.266. The van der Waals surface area contributed by atoms with Crippen LogP contribution in [0.1, 0.15) is 10.6 Å². The molecule has 0 spiro atoms. The lowest BCUT2D eigenvalue weighted by Crippen LogP contribution is -2.25. The molecule has 0 aromatic carbocycles. The minimum Gasteiger partial charge on any atom is -0.311 e. The van der Waals surface area contributed by atoms with Gasteiger partial charge in [-0.1, -0.05) is 21.6 Å². The van der Waals surface area contributed by atoms with E-state index in [9.17, 15) is 10.1 Å². The van der Waals surface area contributed by atoms with Gasteiger partial charge in [-0.15, -0.1) is 26.4 Å². The fraction of sp³-hybridized carbons (Fsp3) is 0.667. The highest BCUT2D eigenvalue weighted by molar-refractivity contribution is 8.76. The molecule has 9 nitrogen and oxygen atoms in total. The molecule has 0 aliphatic carbocycles. The maximum atomic E-state index is 10.1. The van der Waals surface area contributed by atoms with Crippen LogP contribution in [0, 0.1) is 17.0 Å². The molecule has 1 unspecified atom stereocenters. The quantitative estimate of drug-likeness (QED) is 0.195. The Bertz CT molecular complexity index is 421. The van der Waals surface area contributed by atoms with Crippen molar-refractivity contribution < 1.29 is 24.8 Å². The Morgan fingerprint density at radius 2 is 2.38 bits per heavy atom. The summed E-state index contributed by atoms with van der Waals surface area (Å²) in [6.07, 6.45) is 0.259. The van der Waals surface area contributed by atoms with Gasteiger partial charge in [0.15, 0.2) is 0 Å². The largest absolute Gasteiger partial charge is 0.311 e. The normalized spacial score (nSPS) is 12.3. The van der Waals surface area contributed by atoms with E-state index >= 15 is 0 Å². The first-order chi connectivity index (χ1) is 10.1. The molecule has 0 fully saturated rings. The van der Waals surface area contributed by atoms with Crippen LogP contribution in [-0.4, -0.2) is 34.3 Å². The van der Waals surface area contributed by atoms with E-state index in [2.05, 4.69) is 25.7 Å². The van der Waals surface area contributed by atoms with Gasteiger partial charge in [-0.3, -0.25) is 0 Å². The van der Waals surface area contributed by atoms with Gasteiger partial charge in [-0.05, 0) is 18.4 Å². The highest BCUT2D eigenvalue weighted by Gasteiger charge is 2.14. The minimum atomic E-state index is -0.899. The number of thiazole rings is 1. The zero-order valence-corrected chi connectivity index (χ0v) is 13.6. The zero-order chi connectivity index (χ0) is 15.5. The number of hydrogen-bond donors (Lipinski definition) is 1. The van der Waals surface area contributed by atoms with Crippen molar-refractivity contribution in [2.75, 3.05) is 18.1 Å². The summed E-state index contributed by atoms with van der Waals surface area (Å²) in [7, 11) is 3.11. The number of nitrogens with zero attached hydrogens (tertiary/aromatic N) is 2. The van der Waals surface area contributed by atoms with Crippen LogP contribution in [0.2, 0.25) is 0 Å². The maximum Gasteiger partial charge on any atom is 0.294 e. The molecule has 0 saturated heterocycles. The van der Waals surface area contributed by atoms with E-state index in [0.29, 0.717) is 5.75 Å². The van der Waals surface area contributed by atoms with Crippen LogP contribution in [0.3, 0.4) is 0 Å². The van der Waals surface area contributed by atoms with Crippen molar-refractivity contribution in [3.8, 4) is 0 Å². The molecule has 0 aliphatic heterocycles. The molecule has 120 valence electrons. The van der Waals surface area contributed by atoms with Crippen LogP contribution in [-0.2, 0) is 26.2 Å². The van der Waals surface area contributed by atoms with Crippen molar-refractivity contribution in [2.45, 2.75) is 19.4 Å². The lowest BCUT2D eigenvalue weighted by molar-refractivity contribution is -0.761. The Labute approximate surface area is 132 Å². The lowest BCUT2D eigenvalue weighted by Gasteiger charge is -2.12. The van der Waals surface area contributed by atoms with Crippen LogP contribution in [0.15, 0.2) is 5.51 Å². The summed E-state index contributed by atoms with van der Waals surface area (Å²) >= 11 is 1.63. The monoisotopic (exact) mass is 357 g/mol. The molecule has 1 rings (SSSR count). The average molecular weight is 357 g/mol. The molecular weight excluding hydrogens is 342 g/mol. The summed E-state index contributed by atoms with van der Waals surface area (Å²) in [6, 6.07) is 0. The van der Waals surface area contributed by atoms with Crippen LogP contribution in [0.25, 0.3) is 0 Å². The van der Waals surface area contributed by atoms with Crippen molar-refractivity contribution in [1.82, 2.24) is 4.98 Å². The second-order valence-corrected chi connectivity index (χ2v) is 7.19. The summed E-state index contributed by atoms with van der Waals surface area (Å²) in [4.78, 5) is 28.3. The predicted octanol–water partition coefficient (Wildman–Crippen LogP) is 1.71. The number of hydrogen-bond acceptors (Lipinski definition) is 11. The molecule has 21 heavy (non-hydrogen) atoms. The first kappa shape index (κ1) is 18.4. The first-order valence-corrected chi connectivity index (χ1v) is 9.09. The molecule has 0 saturated carbocycles. The van der Waals surface area contributed by atoms with Crippen LogP contribution >= 0.6 is 32.9 Å². The third kappa shape index (κ3) is 8.40. The second kappa shape index (κ2) is 11.0. The van der Waals surface area contributed by atoms with Crippen LogP contribution < -0.4 is 5.90 Å². The van der Waals surface area contributed by atoms with Gasteiger partial charge in [-0.25, -0.2) is 4.98 Å². The highest BCUT2D eigenvalue weighted by atomic mass is 33.1. The summed E-state index contributed by atoms with van der Waals surface area (Å²) in [5.41, 5.74) is 2.88. The Hall–Kier alpha value is -0.630. The molecule has 1 aromatic heterocycles. The molecule has 1 aromatic rings. The smallest absolute Gasteiger partial charge is 0.294 e. The molecule has 1 heterocycles. The third-order valence-electron chi connectivity index (χ3n) is 2.18. The fourth-order valence-electron chi connectivity index (χ4n) is 1.21. The van der Waals surface area contributed by atoms with Crippen LogP contribution in [0.5, 0.6) is 0 Å². The summed E-state index contributed by atoms with van der Waals surface area (Å²) in [6.45, 7) is 1.71. The predicted molar refractivity (Wildman–Crippen MR) is 79.6 cm³/mol. The van der Waals surface area contributed by atoms with Gasteiger partial charge < -0.3 is 4.84 Å². The van der Waals surface area contributed by atoms with E-state index < -0.39 is 11.2 Å². The Balaban J connectivity index is 2.16. The number of rotatable bonds is 12. The highest BCUT2D eigenvalue weighted by Crippen LogP contribution is 2.25. The average Bonchev–Trinajstić information content (AvgIpc) is 2.86. The Kier molecular flexibility index (Phi) is 9.65. The SMILES string of the molecule is Cc1ncsc1CCSSCC(CO[N+](=O)[O-])OOON. The van der Waals surface area contributed by atoms with Crippen LogP contribution in [0.4, 0.5) is 0 Å². The molecule has 0 aliphatic rings. The molecule has 12 heteroatoms. The van der Waals surface area contributed by atoms with Gasteiger partial charge in [0.1, 0.15) is 12.7 Å². The van der Waals surface area contributed by atoms with Crippen molar-refractivity contribution in [2.24, 2.45) is 5.90 Å². The topological polar surface area (TPSA) is 119 Å². The van der Waals surface area contributed by atoms with E-state index in [1.165, 1.54) is 15.7 Å². The molecule has 0 bridgehead atoms. The number of nitrogens with two attached hydrogens (primary N) is 1. The Morgan fingerprint density at radius 1 is 1.57 bits per heavy atom. The third-order valence-corrected chi connectivity index (χ3v) is 5.62. The van der Waals surface area contributed by atoms with Crippen molar-refractivity contribution in [3.05, 3.63) is 26.2 Å². The van der Waals surface area contributed by atoms with Gasteiger partial charge in [0.2, 0.25) is 0 Å². The number of aromatic nitrogens is 1. The maximum absolute atomic E-state index is 10.1. The first-order valence-electron chi connectivity index (χ1n) is 5.73. The van der Waals surface area contributed by atoms with Crippen molar-refractivity contribution in [1.29, 1.82) is 0 Å². The van der Waals surface area contributed by atoms with Gasteiger partial charge >= 0.3 is 0 Å². The summed E-state index contributed by atoms with van der Waals surface area (Å²) < 4.78 is 0. The van der Waals surface area contributed by atoms with Crippen molar-refractivity contribution >= 4 is 32.9 Å². The van der Waals surface area contributed by atoms with Gasteiger partial charge in [0.05, 0.1) is 11.2 Å². The summed E-state index contributed by atoms with van der Waals surface area (Å²) in [5, 5.41) is 13.3. The van der Waals surface area contributed by atoms with E-state index in [1.54, 1.807) is 22.1 Å². The van der Waals surface area contributed by atoms with Crippen molar-refractivity contribution in [3.63, 3.8) is 0 Å². The van der Waals surface area contributed by atoms with E-state index in [4.69, 9.17) is 4.89 Å². The summed E-state index contributed by atoms with van der Waals surface area (Å²) in [5.74, 6) is 5.95. The fourth-order valence-corrected chi connectivity index (χ4v) is 4.27. The van der Waals surface area contributed by atoms with Gasteiger partial charge in [0.25, 0.3) is 5.09 Å². The van der Waals surface area contributed by atoms with E-state index in [-0.39, 0.29) is 6.61 Å². The number of aryl methyl sites for hydroxylation is 2. The second-order valence-electron chi connectivity index (χ2n) is 3.62. The lowest BCUT2D eigenvalue weighted by atomic mass is 10.3. The standard InChI is InChI=1S/C9H15N3O6S3/c1-7-9(19-6-11-7)2-3-20-21-5-8(16-18-17-10)4-15-12(13)14/h6,8H,2-5,10H2,1H3. The molecular formula is C9H15N3O6S3. The Morgan fingerprint density at radius 3 is 3.00 bits per heavy atom.